The first-order chi connectivity index (χ1) is 12.5. The minimum atomic E-state index is -0.348. The van der Waals surface area contributed by atoms with Gasteiger partial charge in [-0.2, -0.15) is 0 Å². The third kappa shape index (κ3) is 4.31. The van der Waals surface area contributed by atoms with E-state index in [0.717, 1.165) is 5.56 Å². The predicted molar refractivity (Wildman–Crippen MR) is 103 cm³/mol. The summed E-state index contributed by atoms with van der Waals surface area (Å²) in [5.74, 6) is -0.348. The molecule has 1 N–H and O–H groups in total. The van der Waals surface area contributed by atoms with E-state index < -0.39 is 0 Å². The molecule has 1 aromatic heterocycles. The van der Waals surface area contributed by atoms with Crippen LogP contribution in [0, 0.1) is 0 Å². The molecule has 1 amide bonds. The summed E-state index contributed by atoms with van der Waals surface area (Å²) >= 11 is 11.9. The highest BCUT2D eigenvalue weighted by atomic mass is 35.5. The number of hydrogen-bond donors (Lipinski definition) is 1. The number of amides is 1. The van der Waals surface area contributed by atoms with Gasteiger partial charge in [-0.15, -0.1) is 0 Å². The Morgan fingerprint density at radius 3 is 2.58 bits per heavy atom. The topological polar surface area (TPSA) is 64.0 Å². The summed E-state index contributed by atoms with van der Waals surface area (Å²) in [6.07, 6.45) is 1.48. The average molecular weight is 388 g/mol. The van der Waals surface area contributed by atoms with Crippen LogP contribution in [0.3, 0.4) is 0 Å². The molecule has 0 radical (unpaired) electrons. The molecule has 7 heteroatoms. The van der Waals surface area contributed by atoms with Crippen molar-refractivity contribution >= 4 is 29.1 Å². The molecule has 0 spiro atoms. The molecule has 0 bridgehead atoms. The Balaban J connectivity index is 1.64. The predicted octanol–water partition coefficient (Wildman–Crippen LogP) is 3.65. The van der Waals surface area contributed by atoms with Gasteiger partial charge in [-0.25, -0.2) is 4.98 Å². The Labute approximate surface area is 160 Å². The van der Waals surface area contributed by atoms with Gasteiger partial charge < -0.3 is 5.32 Å². The van der Waals surface area contributed by atoms with Gasteiger partial charge >= 0.3 is 0 Å². The first kappa shape index (κ1) is 18.2. The minimum absolute atomic E-state index is 0.186. The lowest BCUT2D eigenvalue weighted by Gasteiger charge is -2.09. The van der Waals surface area contributed by atoms with Crippen molar-refractivity contribution in [2.24, 2.45) is 0 Å². The van der Waals surface area contributed by atoms with Crippen LogP contribution in [0.25, 0.3) is 11.3 Å². The number of hydrogen-bond acceptors (Lipinski definition) is 3. The summed E-state index contributed by atoms with van der Waals surface area (Å²) in [5.41, 5.74) is 1.60. The number of carbonyl (C=O) groups is 1. The van der Waals surface area contributed by atoms with Gasteiger partial charge in [-0.3, -0.25) is 14.2 Å². The Hall–Kier alpha value is -2.63. The van der Waals surface area contributed by atoms with Gasteiger partial charge in [0.1, 0.15) is 0 Å². The van der Waals surface area contributed by atoms with Crippen LogP contribution in [0.2, 0.25) is 10.0 Å². The van der Waals surface area contributed by atoms with Crippen LogP contribution in [0.4, 0.5) is 0 Å². The number of carbonyl (C=O) groups excluding carboxylic acids is 1. The molecule has 0 unspecified atom stereocenters. The first-order valence-corrected chi connectivity index (χ1v) is 8.65. The SMILES string of the molecule is O=C(NCCn1cnc(-c2ccccc2)cc1=O)c1cc(Cl)ccc1Cl. The van der Waals surface area contributed by atoms with E-state index in [0.29, 0.717) is 27.8 Å². The van der Waals surface area contributed by atoms with Crippen molar-refractivity contribution in [3.05, 3.63) is 86.9 Å². The number of rotatable bonds is 5. The van der Waals surface area contributed by atoms with Crippen LogP contribution in [-0.4, -0.2) is 22.0 Å². The molecule has 0 fully saturated rings. The first-order valence-electron chi connectivity index (χ1n) is 7.90. The zero-order valence-corrected chi connectivity index (χ0v) is 15.2. The lowest BCUT2D eigenvalue weighted by molar-refractivity contribution is 0.0952. The second-order valence-electron chi connectivity index (χ2n) is 5.55. The molecule has 0 aliphatic carbocycles. The molecule has 3 rings (SSSR count). The molecule has 0 saturated carbocycles. The molecule has 2 aromatic carbocycles. The van der Waals surface area contributed by atoms with Crippen molar-refractivity contribution in [2.45, 2.75) is 6.54 Å². The van der Waals surface area contributed by atoms with E-state index in [-0.39, 0.29) is 18.0 Å². The van der Waals surface area contributed by atoms with Gasteiger partial charge in [-0.1, -0.05) is 53.5 Å². The van der Waals surface area contributed by atoms with E-state index in [1.807, 2.05) is 30.3 Å². The molecular formula is C19H15Cl2N3O2. The van der Waals surface area contributed by atoms with Crippen molar-refractivity contribution in [1.29, 1.82) is 0 Å². The molecule has 26 heavy (non-hydrogen) atoms. The fraction of sp³-hybridized carbons (Fsp3) is 0.105. The van der Waals surface area contributed by atoms with Crippen molar-refractivity contribution in [1.82, 2.24) is 14.9 Å². The van der Waals surface area contributed by atoms with E-state index >= 15 is 0 Å². The molecular weight excluding hydrogens is 373 g/mol. The molecule has 0 atom stereocenters. The van der Waals surface area contributed by atoms with Gasteiger partial charge in [-0.05, 0) is 18.2 Å². The number of benzene rings is 2. The van der Waals surface area contributed by atoms with Crippen LogP contribution in [0.1, 0.15) is 10.4 Å². The maximum absolute atomic E-state index is 12.2. The van der Waals surface area contributed by atoms with E-state index in [1.54, 1.807) is 12.1 Å². The monoisotopic (exact) mass is 387 g/mol. The molecule has 132 valence electrons. The highest BCUT2D eigenvalue weighted by Crippen LogP contribution is 2.20. The Morgan fingerprint density at radius 1 is 1.08 bits per heavy atom. The quantitative estimate of drug-likeness (QED) is 0.726. The third-order valence-electron chi connectivity index (χ3n) is 3.76. The Morgan fingerprint density at radius 2 is 1.85 bits per heavy atom. The maximum Gasteiger partial charge on any atom is 0.253 e. The number of nitrogens with zero attached hydrogens (tertiary/aromatic N) is 2. The summed E-state index contributed by atoms with van der Waals surface area (Å²) in [6.45, 7) is 0.554. The van der Waals surface area contributed by atoms with Crippen LogP contribution in [0.15, 0.2) is 65.7 Å². The highest BCUT2D eigenvalue weighted by molar-refractivity contribution is 6.35. The molecule has 3 aromatic rings. The number of nitrogens with one attached hydrogen (secondary N) is 1. The summed E-state index contributed by atoms with van der Waals surface area (Å²) < 4.78 is 1.44. The maximum atomic E-state index is 12.2. The van der Waals surface area contributed by atoms with Crippen molar-refractivity contribution in [2.75, 3.05) is 6.54 Å². The van der Waals surface area contributed by atoms with Gasteiger partial charge in [0.15, 0.2) is 0 Å². The standard InChI is InChI=1S/C19H15Cl2N3O2/c20-14-6-7-16(21)15(10-14)19(26)22-8-9-24-12-23-17(11-18(24)25)13-4-2-1-3-5-13/h1-7,10-12H,8-9H2,(H,22,26). The van der Waals surface area contributed by atoms with Gasteiger partial charge in [0.05, 0.1) is 22.6 Å². The average Bonchev–Trinajstić information content (AvgIpc) is 2.65. The summed E-state index contributed by atoms with van der Waals surface area (Å²) in [4.78, 5) is 28.7. The molecule has 0 aliphatic rings. The fourth-order valence-electron chi connectivity index (χ4n) is 2.42. The van der Waals surface area contributed by atoms with Crippen LogP contribution >= 0.6 is 23.2 Å². The summed E-state index contributed by atoms with van der Waals surface area (Å²) in [6, 6.07) is 15.6. The van der Waals surface area contributed by atoms with Crippen molar-refractivity contribution in [3.63, 3.8) is 0 Å². The largest absolute Gasteiger partial charge is 0.350 e. The van der Waals surface area contributed by atoms with Crippen LogP contribution in [-0.2, 0) is 6.54 Å². The van der Waals surface area contributed by atoms with E-state index in [1.165, 1.54) is 23.0 Å². The lowest BCUT2D eigenvalue weighted by atomic mass is 10.1. The number of aromatic nitrogens is 2. The minimum Gasteiger partial charge on any atom is -0.350 e. The second-order valence-corrected chi connectivity index (χ2v) is 6.40. The van der Waals surface area contributed by atoms with E-state index in [4.69, 9.17) is 23.2 Å². The van der Waals surface area contributed by atoms with Crippen molar-refractivity contribution < 1.29 is 4.79 Å². The van der Waals surface area contributed by atoms with Gasteiger partial charge in [0.25, 0.3) is 11.5 Å². The summed E-state index contributed by atoms with van der Waals surface area (Å²) in [7, 11) is 0. The normalized spacial score (nSPS) is 10.5. The zero-order chi connectivity index (χ0) is 18.5. The third-order valence-corrected chi connectivity index (χ3v) is 4.33. The molecule has 0 saturated heterocycles. The summed E-state index contributed by atoms with van der Waals surface area (Å²) in [5, 5.41) is 3.46. The Bertz CT molecular complexity index is 988. The number of halogens is 2. The van der Waals surface area contributed by atoms with Crippen LogP contribution in [0.5, 0.6) is 0 Å². The Kier molecular flexibility index (Phi) is 5.71. The van der Waals surface area contributed by atoms with E-state index in [2.05, 4.69) is 10.3 Å². The highest BCUT2D eigenvalue weighted by Gasteiger charge is 2.10. The van der Waals surface area contributed by atoms with Crippen molar-refractivity contribution in [3.8, 4) is 11.3 Å². The second kappa shape index (κ2) is 8.17. The van der Waals surface area contributed by atoms with E-state index in [9.17, 15) is 9.59 Å². The zero-order valence-electron chi connectivity index (χ0n) is 13.7. The molecule has 0 aliphatic heterocycles. The fourth-order valence-corrected chi connectivity index (χ4v) is 2.79. The molecule has 1 heterocycles. The van der Waals surface area contributed by atoms with Crippen LogP contribution < -0.4 is 10.9 Å². The van der Waals surface area contributed by atoms with Gasteiger partial charge in [0, 0.05) is 29.7 Å². The molecule has 5 nitrogen and oxygen atoms in total. The smallest absolute Gasteiger partial charge is 0.253 e. The van der Waals surface area contributed by atoms with Gasteiger partial charge in [0.2, 0.25) is 0 Å². The lowest BCUT2D eigenvalue weighted by Crippen LogP contribution is -2.31.